The van der Waals surface area contributed by atoms with Crippen LogP contribution in [0.5, 0.6) is 0 Å². The second kappa shape index (κ2) is 6.55. The highest BCUT2D eigenvalue weighted by Gasteiger charge is 2.45. The van der Waals surface area contributed by atoms with Crippen molar-refractivity contribution < 1.29 is 38.9 Å². The summed E-state index contributed by atoms with van der Waals surface area (Å²) in [5.74, 6) is -0.0336. The summed E-state index contributed by atoms with van der Waals surface area (Å²) < 4.78 is 21.6. The van der Waals surface area contributed by atoms with Gasteiger partial charge in [-0.15, -0.1) is 0 Å². The number of aromatic nitrogens is 4. The lowest BCUT2D eigenvalue weighted by Crippen LogP contribution is -2.33. The van der Waals surface area contributed by atoms with Gasteiger partial charge in [-0.05, 0) is 0 Å². The molecule has 3 heterocycles. The van der Waals surface area contributed by atoms with Crippen LogP contribution in [0.1, 0.15) is 12.1 Å². The van der Waals surface area contributed by atoms with E-state index in [0.717, 1.165) is 6.33 Å². The fourth-order valence-electron chi connectivity index (χ4n) is 2.50. The number of hydrogen-bond acceptors (Lipinski definition) is 9. The van der Waals surface area contributed by atoms with E-state index in [9.17, 15) is 19.6 Å². The Labute approximate surface area is 138 Å². The first-order valence-corrected chi connectivity index (χ1v) is 8.52. The molecule has 0 radical (unpaired) electrons. The summed E-state index contributed by atoms with van der Waals surface area (Å²) in [5.41, 5.74) is -0.680. The fraction of sp³-hybridized carbons (Fsp3) is 0.545. The molecule has 0 saturated carbocycles. The number of aliphatic hydroxyl groups excluding tert-OH is 3. The van der Waals surface area contributed by atoms with Crippen molar-refractivity contribution in [3.63, 3.8) is 0 Å². The van der Waals surface area contributed by atoms with Crippen LogP contribution in [0, 0.1) is 0 Å². The van der Waals surface area contributed by atoms with Crippen molar-refractivity contribution in [3.05, 3.63) is 22.5 Å². The molecule has 1 aliphatic rings. The number of H-pyrrole nitrogens is 1. The quantitative estimate of drug-likeness (QED) is 0.297. The summed E-state index contributed by atoms with van der Waals surface area (Å²) in [4.78, 5) is 39.5. The lowest BCUT2D eigenvalue weighted by molar-refractivity contribution is -0.0504. The minimum Gasteiger partial charge on any atom is -0.388 e. The Hall–Kier alpha value is -1.70. The number of aliphatic hydroxyl groups is 3. The van der Waals surface area contributed by atoms with Crippen LogP contribution in [0.4, 0.5) is 0 Å². The predicted octanol–water partition coefficient (Wildman–Crippen LogP) is -2.66. The highest BCUT2D eigenvalue weighted by Crippen LogP contribution is 2.38. The van der Waals surface area contributed by atoms with E-state index in [1.54, 1.807) is 0 Å². The molecular weight excluding hydrogens is 363 g/mol. The highest BCUT2D eigenvalue weighted by molar-refractivity contribution is 7.46. The molecule has 2 aromatic rings. The van der Waals surface area contributed by atoms with Crippen molar-refractivity contribution in [3.8, 4) is 0 Å². The zero-order valence-corrected chi connectivity index (χ0v) is 13.4. The molecule has 6 N–H and O–H groups in total. The normalized spacial score (nSPS) is 27.2. The maximum absolute atomic E-state index is 11.9. The third-order valence-corrected chi connectivity index (χ3v) is 4.13. The second-order valence-electron chi connectivity index (χ2n) is 5.33. The number of rotatable bonds is 5. The van der Waals surface area contributed by atoms with Gasteiger partial charge in [0.1, 0.15) is 30.7 Å². The van der Waals surface area contributed by atoms with Crippen molar-refractivity contribution >= 4 is 19.0 Å². The lowest BCUT2D eigenvalue weighted by Gasteiger charge is -2.16. The minimum absolute atomic E-state index is 0.000562. The third kappa shape index (κ3) is 3.49. The molecule has 4 atom stereocenters. The number of fused-ring (bicyclic) bond motifs is 1. The Kier molecular flexibility index (Phi) is 4.74. The van der Waals surface area contributed by atoms with Crippen LogP contribution in [0.3, 0.4) is 0 Å². The van der Waals surface area contributed by atoms with Gasteiger partial charge in [0, 0.05) is 0 Å². The number of imidazole rings is 1. The van der Waals surface area contributed by atoms with Crippen LogP contribution in [0.2, 0.25) is 0 Å². The molecule has 1 fully saturated rings. The first kappa shape index (κ1) is 18.1. The van der Waals surface area contributed by atoms with E-state index in [4.69, 9.17) is 19.6 Å². The van der Waals surface area contributed by atoms with Crippen LogP contribution in [0.15, 0.2) is 11.1 Å². The van der Waals surface area contributed by atoms with Crippen molar-refractivity contribution in [2.75, 3.05) is 6.61 Å². The zero-order chi connectivity index (χ0) is 18.4. The van der Waals surface area contributed by atoms with E-state index in [-0.39, 0.29) is 17.0 Å². The number of ether oxygens (including phenoxy) is 1. The van der Waals surface area contributed by atoms with Crippen molar-refractivity contribution in [1.82, 2.24) is 19.5 Å². The van der Waals surface area contributed by atoms with Crippen LogP contribution >= 0.6 is 7.82 Å². The topological polar surface area (TPSA) is 200 Å². The molecule has 0 spiro atoms. The molecule has 14 heteroatoms. The number of phosphoric acid groups is 1. The number of hydrogen-bond donors (Lipinski definition) is 6. The van der Waals surface area contributed by atoms with Gasteiger partial charge in [0.25, 0.3) is 5.56 Å². The van der Waals surface area contributed by atoms with Gasteiger partial charge in [-0.2, -0.15) is 0 Å². The molecule has 2 aromatic heterocycles. The maximum Gasteiger partial charge on any atom is 0.469 e. The third-order valence-electron chi connectivity index (χ3n) is 3.65. The molecule has 25 heavy (non-hydrogen) atoms. The van der Waals surface area contributed by atoms with Gasteiger partial charge in [0.2, 0.25) is 0 Å². The highest BCUT2D eigenvalue weighted by atomic mass is 31.2. The van der Waals surface area contributed by atoms with E-state index in [1.807, 2.05) is 0 Å². The number of phosphoric ester groups is 1. The smallest absolute Gasteiger partial charge is 0.388 e. The SMILES string of the molecule is O=c1[nH]c(CO)nc2c1ncn2[C@@H]1O[C@H](COP(=O)(O)O)[C@@H](O)[C@H]1O. The average Bonchev–Trinajstić information content (AvgIpc) is 3.08. The molecule has 0 bridgehead atoms. The monoisotopic (exact) mass is 378 g/mol. The molecule has 0 aliphatic carbocycles. The predicted molar refractivity (Wildman–Crippen MR) is 78.0 cm³/mol. The molecule has 3 rings (SSSR count). The molecule has 0 amide bonds. The Bertz CT molecular complexity index is 876. The van der Waals surface area contributed by atoms with Gasteiger partial charge < -0.3 is 34.8 Å². The van der Waals surface area contributed by atoms with Crippen LogP contribution in [0.25, 0.3) is 11.2 Å². The first-order chi connectivity index (χ1) is 11.7. The van der Waals surface area contributed by atoms with Gasteiger partial charge in [-0.1, -0.05) is 0 Å². The summed E-state index contributed by atoms with van der Waals surface area (Å²) in [5, 5.41) is 29.3. The lowest BCUT2D eigenvalue weighted by atomic mass is 10.1. The van der Waals surface area contributed by atoms with Gasteiger partial charge in [-0.3, -0.25) is 13.9 Å². The number of nitrogens with one attached hydrogen (secondary N) is 1. The molecule has 1 saturated heterocycles. The number of nitrogens with zero attached hydrogens (tertiary/aromatic N) is 3. The second-order valence-corrected chi connectivity index (χ2v) is 6.57. The van der Waals surface area contributed by atoms with Crippen LogP contribution < -0.4 is 5.56 Å². The Morgan fingerprint density at radius 3 is 2.72 bits per heavy atom. The molecule has 0 unspecified atom stereocenters. The molecule has 138 valence electrons. The zero-order valence-electron chi connectivity index (χ0n) is 12.5. The molecule has 1 aliphatic heterocycles. The van der Waals surface area contributed by atoms with Gasteiger partial charge in [0.15, 0.2) is 17.4 Å². The summed E-state index contributed by atoms with van der Waals surface area (Å²) in [7, 11) is -4.78. The van der Waals surface area contributed by atoms with Gasteiger partial charge in [-0.25, -0.2) is 14.5 Å². The summed E-state index contributed by atoms with van der Waals surface area (Å²) in [6.07, 6.45) is -4.31. The average molecular weight is 378 g/mol. The maximum atomic E-state index is 11.9. The Balaban J connectivity index is 1.91. The van der Waals surface area contributed by atoms with Gasteiger partial charge >= 0.3 is 7.82 Å². The summed E-state index contributed by atoms with van der Waals surface area (Å²) in [6.45, 7) is -1.20. The molecular formula is C11H15N4O9P. The largest absolute Gasteiger partial charge is 0.469 e. The van der Waals surface area contributed by atoms with Crippen molar-refractivity contribution in [2.45, 2.75) is 31.1 Å². The fourth-order valence-corrected chi connectivity index (χ4v) is 2.84. The van der Waals surface area contributed by atoms with E-state index in [0.29, 0.717) is 0 Å². The van der Waals surface area contributed by atoms with Crippen molar-refractivity contribution in [1.29, 1.82) is 0 Å². The Morgan fingerprint density at radius 2 is 2.08 bits per heavy atom. The van der Waals surface area contributed by atoms with E-state index in [2.05, 4.69) is 19.5 Å². The summed E-state index contributed by atoms with van der Waals surface area (Å²) >= 11 is 0. The standard InChI is InChI=1S/C11H15N4O9P/c16-1-5-13-9-6(10(19)14-5)12-3-15(9)11-8(18)7(17)4(24-11)2-23-25(20,21)22/h3-4,7-8,11,16-18H,1-2H2,(H,13,14,19)(H2,20,21,22)/t4-,7-,8-,11-/m1/s1. The first-order valence-electron chi connectivity index (χ1n) is 6.99. The van der Waals surface area contributed by atoms with E-state index >= 15 is 0 Å². The number of aromatic amines is 1. The Morgan fingerprint density at radius 1 is 1.36 bits per heavy atom. The van der Waals surface area contributed by atoms with E-state index < -0.39 is 51.1 Å². The van der Waals surface area contributed by atoms with Crippen LogP contribution in [-0.2, 0) is 20.4 Å². The van der Waals surface area contributed by atoms with Crippen LogP contribution in [-0.4, -0.2) is 69.5 Å². The molecule has 13 nitrogen and oxygen atoms in total. The minimum atomic E-state index is -4.78. The van der Waals surface area contributed by atoms with Gasteiger partial charge in [0.05, 0.1) is 12.9 Å². The van der Waals surface area contributed by atoms with E-state index in [1.165, 1.54) is 4.57 Å². The summed E-state index contributed by atoms with van der Waals surface area (Å²) in [6, 6.07) is 0. The molecule has 0 aromatic carbocycles. The van der Waals surface area contributed by atoms with Crippen molar-refractivity contribution in [2.24, 2.45) is 0 Å².